The number of alkyl halides is 3. The van der Waals surface area contributed by atoms with Crippen LogP contribution < -0.4 is 5.32 Å². The summed E-state index contributed by atoms with van der Waals surface area (Å²) in [6.45, 7) is 3.65. The average molecular weight is 289 g/mol. The molecule has 1 aromatic carbocycles. The Bertz CT molecular complexity index is 458. The van der Waals surface area contributed by atoms with E-state index in [9.17, 15) is 18.0 Å². The Morgan fingerprint density at radius 3 is 2.50 bits per heavy atom. The Labute approximate surface area is 115 Å². The minimum atomic E-state index is -4.22. The zero-order chi connectivity index (χ0) is 15.3. The summed E-state index contributed by atoms with van der Waals surface area (Å²) in [5.41, 5.74) is 0.777. The molecule has 112 valence electrons. The van der Waals surface area contributed by atoms with Gasteiger partial charge in [-0.05, 0) is 23.6 Å². The lowest BCUT2D eigenvalue weighted by molar-refractivity contribution is -0.142. The third-order valence-corrected chi connectivity index (χ3v) is 3.00. The number of halogens is 3. The lowest BCUT2D eigenvalue weighted by atomic mass is 10.00. The first-order valence-electron chi connectivity index (χ1n) is 6.31. The third-order valence-electron chi connectivity index (χ3n) is 3.00. The van der Waals surface area contributed by atoms with E-state index in [1.165, 1.54) is 12.1 Å². The summed E-state index contributed by atoms with van der Waals surface area (Å²) >= 11 is 0. The number of carbonyl (C=O) groups is 1. The van der Waals surface area contributed by atoms with Crippen molar-refractivity contribution in [2.45, 2.75) is 39.0 Å². The van der Waals surface area contributed by atoms with E-state index in [2.05, 4.69) is 5.32 Å². The molecule has 3 nitrogen and oxygen atoms in total. The van der Waals surface area contributed by atoms with Crippen LogP contribution in [0.2, 0.25) is 0 Å². The van der Waals surface area contributed by atoms with Gasteiger partial charge in [0.2, 0.25) is 0 Å². The summed E-state index contributed by atoms with van der Waals surface area (Å²) in [5.74, 6) is -1.22. The summed E-state index contributed by atoms with van der Waals surface area (Å²) in [6, 6.07) is 5.48. The van der Waals surface area contributed by atoms with Crippen molar-refractivity contribution in [3.8, 4) is 0 Å². The highest BCUT2D eigenvalue weighted by molar-refractivity contribution is 5.87. The number of hydrogen-bond donors (Lipinski definition) is 2. The van der Waals surface area contributed by atoms with Crippen molar-refractivity contribution < 1.29 is 23.1 Å². The summed E-state index contributed by atoms with van der Waals surface area (Å²) in [6.07, 6.45) is -5.12. The van der Waals surface area contributed by atoms with Gasteiger partial charge in [-0.2, -0.15) is 13.2 Å². The zero-order valence-corrected chi connectivity index (χ0v) is 11.4. The van der Waals surface area contributed by atoms with Gasteiger partial charge in [0.05, 0.1) is 12.0 Å². The predicted molar refractivity (Wildman–Crippen MR) is 69.5 cm³/mol. The number of benzene rings is 1. The van der Waals surface area contributed by atoms with Crippen LogP contribution in [-0.4, -0.2) is 23.3 Å². The standard InChI is InChI=1S/C14H18F3NO2/c1-9(2)12(7-14(15,16)17)18-8-10-4-3-5-11(6-10)13(19)20/h3-6,9,12,18H,7-8H2,1-2H3,(H,19,20). The molecular weight excluding hydrogens is 271 g/mol. The fraction of sp³-hybridized carbons (Fsp3) is 0.500. The molecule has 0 aromatic heterocycles. The first-order valence-corrected chi connectivity index (χ1v) is 6.31. The largest absolute Gasteiger partial charge is 0.478 e. The second kappa shape index (κ2) is 6.74. The normalized spacial score (nSPS) is 13.5. The van der Waals surface area contributed by atoms with Crippen LogP contribution in [0.15, 0.2) is 24.3 Å². The van der Waals surface area contributed by atoms with E-state index < -0.39 is 24.6 Å². The quantitative estimate of drug-likeness (QED) is 0.843. The molecule has 0 spiro atoms. The number of carboxylic acid groups (broad SMARTS) is 1. The SMILES string of the molecule is CC(C)C(CC(F)(F)F)NCc1cccc(C(=O)O)c1. The summed E-state index contributed by atoms with van der Waals surface area (Å²) < 4.78 is 37.3. The molecule has 0 aliphatic rings. The second-order valence-corrected chi connectivity index (χ2v) is 5.06. The highest BCUT2D eigenvalue weighted by Gasteiger charge is 2.32. The average Bonchev–Trinajstić information content (AvgIpc) is 2.33. The van der Waals surface area contributed by atoms with Gasteiger partial charge in [0.15, 0.2) is 0 Å². The Hall–Kier alpha value is -1.56. The van der Waals surface area contributed by atoms with Gasteiger partial charge in [-0.25, -0.2) is 4.79 Å². The zero-order valence-electron chi connectivity index (χ0n) is 11.4. The fourth-order valence-corrected chi connectivity index (χ4v) is 1.86. The molecule has 0 bridgehead atoms. The molecule has 6 heteroatoms. The van der Waals surface area contributed by atoms with E-state index in [4.69, 9.17) is 5.11 Å². The Balaban J connectivity index is 2.68. The van der Waals surface area contributed by atoms with Crippen LogP contribution >= 0.6 is 0 Å². The number of nitrogens with one attached hydrogen (secondary N) is 1. The number of hydrogen-bond acceptors (Lipinski definition) is 2. The first kappa shape index (κ1) is 16.5. The van der Waals surface area contributed by atoms with Gasteiger partial charge in [-0.1, -0.05) is 26.0 Å². The van der Waals surface area contributed by atoms with Crippen LogP contribution in [0.5, 0.6) is 0 Å². The van der Waals surface area contributed by atoms with Crippen molar-refractivity contribution >= 4 is 5.97 Å². The molecule has 0 amide bonds. The van der Waals surface area contributed by atoms with E-state index in [1.807, 2.05) is 0 Å². The van der Waals surface area contributed by atoms with Crippen LogP contribution in [0.3, 0.4) is 0 Å². The Morgan fingerprint density at radius 2 is 2.00 bits per heavy atom. The maximum Gasteiger partial charge on any atom is 0.390 e. The number of carboxylic acids is 1. The number of aromatic carboxylic acids is 1. The molecule has 0 fully saturated rings. The lowest BCUT2D eigenvalue weighted by Crippen LogP contribution is -2.37. The summed E-state index contributed by atoms with van der Waals surface area (Å²) in [5, 5.41) is 11.7. The first-order chi connectivity index (χ1) is 9.19. The van der Waals surface area contributed by atoms with Gasteiger partial charge in [-0.3, -0.25) is 0 Å². The predicted octanol–water partition coefficient (Wildman–Crippen LogP) is 3.45. The van der Waals surface area contributed by atoms with E-state index in [1.54, 1.807) is 26.0 Å². The minimum Gasteiger partial charge on any atom is -0.478 e. The van der Waals surface area contributed by atoms with Crippen LogP contribution in [0.25, 0.3) is 0 Å². The van der Waals surface area contributed by atoms with E-state index in [0.29, 0.717) is 5.56 Å². The highest BCUT2D eigenvalue weighted by atomic mass is 19.4. The summed E-state index contributed by atoms with van der Waals surface area (Å²) in [7, 11) is 0. The summed E-state index contributed by atoms with van der Waals surface area (Å²) in [4.78, 5) is 10.8. The molecule has 1 unspecified atom stereocenters. The molecule has 0 saturated heterocycles. The molecule has 0 saturated carbocycles. The van der Waals surface area contributed by atoms with Crippen LogP contribution in [0.1, 0.15) is 36.2 Å². The number of rotatable bonds is 6. The van der Waals surface area contributed by atoms with Gasteiger partial charge in [-0.15, -0.1) is 0 Å². The van der Waals surface area contributed by atoms with Crippen molar-refractivity contribution in [2.75, 3.05) is 0 Å². The molecule has 1 atom stereocenters. The van der Waals surface area contributed by atoms with Gasteiger partial charge >= 0.3 is 12.1 Å². The van der Waals surface area contributed by atoms with Crippen molar-refractivity contribution in [3.63, 3.8) is 0 Å². The molecular formula is C14H18F3NO2. The fourth-order valence-electron chi connectivity index (χ4n) is 1.86. The van der Waals surface area contributed by atoms with Gasteiger partial charge in [0, 0.05) is 12.6 Å². The van der Waals surface area contributed by atoms with E-state index in [0.717, 1.165) is 0 Å². The van der Waals surface area contributed by atoms with Gasteiger partial charge < -0.3 is 10.4 Å². The van der Waals surface area contributed by atoms with Crippen molar-refractivity contribution in [3.05, 3.63) is 35.4 Å². The molecule has 1 aromatic rings. The Kier molecular flexibility index (Phi) is 5.56. The molecule has 2 N–H and O–H groups in total. The third kappa shape index (κ3) is 5.61. The molecule has 20 heavy (non-hydrogen) atoms. The topological polar surface area (TPSA) is 49.3 Å². The molecule has 0 heterocycles. The molecule has 0 radical (unpaired) electrons. The van der Waals surface area contributed by atoms with E-state index in [-0.39, 0.29) is 18.0 Å². The molecule has 1 rings (SSSR count). The minimum absolute atomic E-state index is 0.126. The van der Waals surface area contributed by atoms with Crippen molar-refractivity contribution in [1.82, 2.24) is 5.32 Å². The van der Waals surface area contributed by atoms with E-state index >= 15 is 0 Å². The maximum absolute atomic E-state index is 12.4. The van der Waals surface area contributed by atoms with Crippen LogP contribution in [0.4, 0.5) is 13.2 Å². The lowest BCUT2D eigenvalue weighted by Gasteiger charge is -2.23. The molecule has 0 aliphatic heterocycles. The van der Waals surface area contributed by atoms with Crippen molar-refractivity contribution in [1.29, 1.82) is 0 Å². The second-order valence-electron chi connectivity index (χ2n) is 5.06. The maximum atomic E-state index is 12.4. The highest BCUT2D eigenvalue weighted by Crippen LogP contribution is 2.24. The van der Waals surface area contributed by atoms with Crippen LogP contribution in [-0.2, 0) is 6.54 Å². The van der Waals surface area contributed by atoms with Gasteiger partial charge in [0.25, 0.3) is 0 Å². The van der Waals surface area contributed by atoms with Crippen molar-refractivity contribution in [2.24, 2.45) is 5.92 Å². The monoisotopic (exact) mass is 289 g/mol. The molecule has 0 aliphatic carbocycles. The smallest absolute Gasteiger partial charge is 0.390 e. The van der Waals surface area contributed by atoms with Gasteiger partial charge in [0.1, 0.15) is 0 Å². The Morgan fingerprint density at radius 1 is 1.35 bits per heavy atom. The van der Waals surface area contributed by atoms with Crippen LogP contribution in [0, 0.1) is 5.92 Å².